The van der Waals surface area contributed by atoms with E-state index < -0.39 is 0 Å². The molecule has 1 atom stereocenters. The van der Waals surface area contributed by atoms with Gasteiger partial charge in [0.2, 0.25) is 0 Å². The number of nitrogens with one attached hydrogen (secondary N) is 1. The largest absolute Gasteiger partial charge is 0.381 e. The van der Waals surface area contributed by atoms with Crippen molar-refractivity contribution < 1.29 is 9.53 Å². The Morgan fingerprint density at radius 3 is 3.25 bits per heavy atom. The predicted molar refractivity (Wildman–Crippen MR) is 62.4 cm³/mol. The van der Waals surface area contributed by atoms with Crippen molar-refractivity contribution in [3.63, 3.8) is 0 Å². The number of anilines is 1. The lowest BCUT2D eigenvalue weighted by atomic mass is 10.0. The van der Waals surface area contributed by atoms with E-state index in [0.29, 0.717) is 23.3 Å². The third kappa shape index (κ3) is 2.93. The summed E-state index contributed by atoms with van der Waals surface area (Å²) in [6.45, 7) is 2.23. The first-order valence-corrected chi connectivity index (χ1v) is 6.20. The van der Waals surface area contributed by atoms with Crippen LogP contribution in [0.3, 0.4) is 0 Å². The molecule has 1 amide bonds. The van der Waals surface area contributed by atoms with Gasteiger partial charge < -0.3 is 15.8 Å². The van der Waals surface area contributed by atoms with E-state index in [2.05, 4.69) is 10.3 Å². The van der Waals surface area contributed by atoms with Crippen LogP contribution in [0.5, 0.6) is 0 Å². The maximum atomic E-state index is 11.6. The van der Waals surface area contributed by atoms with Gasteiger partial charge in [-0.2, -0.15) is 0 Å². The average molecular weight is 241 g/mol. The van der Waals surface area contributed by atoms with Crippen LogP contribution >= 0.6 is 11.3 Å². The zero-order valence-electron chi connectivity index (χ0n) is 8.94. The van der Waals surface area contributed by atoms with Crippen LogP contribution in [0.15, 0.2) is 5.38 Å². The molecule has 0 saturated carbocycles. The van der Waals surface area contributed by atoms with E-state index in [0.717, 1.165) is 26.1 Å². The van der Waals surface area contributed by atoms with Crippen LogP contribution in [0, 0.1) is 5.92 Å². The molecule has 0 radical (unpaired) electrons. The van der Waals surface area contributed by atoms with Gasteiger partial charge in [-0.05, 0) is 18.8 Å². The number of carbonyl (C=O) groups is 1. The minimum atomic E-state index is -0.154. The van der Waals surface area contributed by atoms with E-state index in [1.807, 2.05) is 0 Å². The number of nitrogens with two attached hydrogens (primary N) is 1. The first-order chi connectivity index (χ1) is 7.75. The standard InChI is InChI=1S/C10H15N3O2S/c11-10-13-8(6-16-10)9(14)12-4-7-2-1-3-15-5-7/h6-7H,1-5H2,(H2,11,13)(H,12,14). The summed E-state index contributed by atoms with van der Waals surface area (Å²) in [5, 5.41) is 4.94. The van der Waals surface area contributed by atoms with E-state index in [4.69, 9.17) is 10.5 Å². The Balaban J connectivity index is 1.79. The summed E-state index contributed by atoms with van der Waals surface area (Å²) in [6.07, 6.45) is 2.18. The number of thiazole rings is 1. The van der Waals surface area contributed by atoms with Crippen LogP contribution in [0.1, 0.15) is 23.3 Å². The molecule has 0 spiro atoms. The molecular formula is C10H15N3O2S. The maximum Gasteiger partial charge on any atom is 0.270 e. The van der Waals surface area contributed by atoms with Crippen molar-refractivity contribution in [1.29, 1.82) is 0 Å². The fourth-order valence-electron chi connectivity index (χ4n) is 1.69. The van der Waals surface area contributed by atoms with Crippen LogP contribution in [-0.4, -0.2) is 30.6 Å². The average Bonchev–Trinajstić information content (AvgIpc) is 2.74. The smallest absolute Gasteiger partial charge is 0.270 e. The van der Waals surface area contributed by atoms with E-state index in [9.17, 15) is 4.79 Å². The van der Waals surface area contributed by atoms with Crippen LogP contribution in [-0.2, 0) is 4.74 Å². The number of rotatable bonds is 3. The summed E-state index contributed by atoms with van der Waals surface area (Å²) in [6, 6.07) is 0. The summed E-state index contributed by atoms with van der Waals surface area (Å²) < 4.78 is 5.34. The lowest BCUT2D eigenvalue weighted by molar-refractivity contribution is 0.0536. The van der Waals surface area contributed by atoms with Gasteiger partial charge >= 0.3 is 0 Å². The molecule has 1 aromatic heterocycles. The quantitative estimate of drug-likeness (QED) is 0.823. The molecule has 16 heavy (non-hydrogen) atoms. The highest BCUT2D eigenvalue weighted by Gasteiger charge is 2.16. The van der Waals surface area contributed by atoms with Crippen molar-refractivity contribution >= 4 is 22.4 Å². The number of amides is 1. The zero-order chi connectivity index (χ0) is 11.4. The third-order valence-electron chi connectivity index (χ3n) is 2.56. The first kappa shape index (κ1) is 11.3. The monoisotopic (exact) mass is 241 g/mol. The van der Waals surface area contributed by atoms with E-state index >= 15 is 0 Å². The van der Waals surface area contributed by atoms with Gasteiger partial charge in [-0.3, -0.25) is 4.79 Å². The van der Waals surface area contributed by atoms with Crippen LogP contribution in [0.25, 0.3) is 0 Å². The number of carbonyl (C=O) groups excluding carboxylic acids is 1. The first-order valence-electron chi connectivity index (χ1n) is 5.32. The molecule has 5 nitrogen and oxygen atoms in total. The summed E-state index contributed by atoms with van der Waals surface area (Å²) in [5.41, 5.74) is 5.86. The molecule has 1 unspecified atom stereocenters. The molecule has 0 aliphatic carbocycles. The number of hydrogen-bond acceptors (Lipinski definition) is 5. The summed E-state index contributed by atoms with van der Waals surface area (Å²) in [4.78, 5) is 15.6. The molecule has 6 heteroatoms. The molecule has 1 aliphatic rings. The Morgan fingerprint density at radius 2 is 2.62 bits per heavy atom. The Labute approximate surface area is 98.0 Å². The molecule has 3 N–H and O–H groups in total. The second-order valence-electron chi connectivity index (χ2n) is 3.86. The van der Waals surface area contributed by atoms with Gasteiger partial charge in [0.15, 0.2) is 5.13 Å². The van der Waals surface area contributed by atoms with Crippen LogP contribution in [0.2, 0.25) is 0 Å². The molecule has 0 bridgehead atoms. The summed E-state index contributed by atoms with van der Waals surface area (Å²) in [5.74, 6) is 0.271. The second kappa shape index (κ2) is 5.27. The number of aromatic nitrogens is 1. The molecule has 0 aromatic carbocycles. The Bertz CT molecular complexity index is 361. The topological polar surface area (TPSA) is 77.2 Å². The highest BCUT2D eigenvalue weighted by Crippen LogP contribution is 2.13. The Hall–Kier alpha value is -1.14. The molecule has 88 valence electrons. The van der Waals surface area contributed by atoms with Gasteiger partial charge in [0.25, 0.3) is 5.91 Å². The van der Waals surface area contributed by atoms with Crippen molar-refractivity contribution in [2.24, 2.45) is 5.92 Å². The second-order valence-corrected chi connectivity index (χ2v) is 4.75. The van der Waals surface area contributed by atoms with Gasteiger partial charge in [-0.15, -0.1) is 11.3 Å². The lowest BCUT2D eigenvalue weighted by Gasteiger charge is -2.21. The van der Waals surface area contributed by atoms with Crippen molar-refractivity contribution in [2.75, 3.05) is 25.5 Å². The minimum absolute atomic E-state index is 0.154. The lowest BCUT2D eigenvalue weighted by Crippen LogP contribution is -2.33. The van der Waals surface area contributed by atoms with Gasteiger partial charge in [-0.25, -0.2) is 4.98 Å². The maximum absolute atomic E-state index is 11.6. The Morgan fingerprint density at radius 1 is 1.75 bits per heavy atom. The van der Waals surface area contributed by atoms with Crippen molar-refractivity contribution in [3.8, 4) is 0 Å². The molecule has 1 saturated heterocycles. The van der Waals surface area contributed by atoms with Gasteiger partial charge in [-0.1, -0.05) is 0 Å². The fraction of sp³-hybridized carbons (Fsp3) is 0.600. The van der Waals surface area contributed by atoms with Gasteiger partial charge in [0.1, 0.15) is 5.69 Å². The highest BCUT2D eigenvalue weighted by atomic mass is 32.1. The highest BCUT2D eigenvalue weighted by molar-refractivity contribution is 7.13. The number of hydrogen-bond donors (Lipinski definition) is 2. The molecule has 1 aromatic rings. The third-order valence-corrected chi connectivity index (χ3v) is 3.23. The number of ether oxygens (including phenoxy) is 1. The normalized spacial score (nSPS) is 20.6. The van der Waals surface area contributed by atoms with Crippen LogP contribution in [0.4, 0.5) is 5.13 Å². The SMILES string of the molecule is Nc1nc(C(=O)NCC2CCCOC2)cs1. The van der Waals surface area contributed by atoms with Crippen molar-refractivity contribution in [3.05, 3.63) is 11.1 Å². The Kier molecular flexibility index (Phi) is 3.74. The van der Waals surface area contributed by atoms with Gasteiger partial charge in [0.05, 0.1) is 6.61 Å². The van der Waals surface area contributed by atoms with E-state index in [1.165, 1.54) is 11.3 Å². The van der Waals surface area contributed by atoms with Crippen molar-refractivity contribution in [1.82, 2.24) is 10.3 Å². The van der Waals surface area contributed by atoms with Crippen LogP contribution < -0.4 is 11.1 Å². The molecule has 2 heterocycles. The van der Waals surface area contributed by atoms with Crippen molar-refractivity contribution in [2.45, 2.75) is 12.8 Å². The number of nitrogens with zero attached hydrogens (tertiary/aromatic N) is 1. The number of nitrogen functional groups attached to an aromatic ring is 1. The zero-order valence-corrected chi connectivity index (χ0v) is 9.76. The summed E-state index contributed by atoms with van der Waals surface area (Å²) in [7, 11) is 0. The van der Waals surface area contributed by atoms with E-state index in [-0.39, 0.29) is 5.91 Å². The fourth-order valence-corrected chi connectivity index (χ4v) is 2.23. The van der Waals surface area contributed by atoms with E-state index in [1.54, 1.807) is 5.38 Å². The summed E-state index contributed by atoms with van der Waals surface area (Å²) >= 11 is 1.28. The molecule has 1 fully saturated rings. The molecular weight excluding hydrogens is 226 g/mol. The minimum Gasteiger partial charge on any atom is -0.381 e. The van der Waals surface area contributed by atoms with Gasteiger partial charge in [0, 0.05) is 18.5 Å². The molecule has 1 aliphatic heterocycles. The molecule has 2 rings (SSSR count). The predicted octanol–water partition coefficient (Wildman–Crippen LogP) is 0.882.